The fraction of sp³-hybridized carbons (Fsp3) is 0.0164. The Hall–Kier alpha value is -9.56. The summed E-state index contributed by atoms with van der Waals surface area (Å²) in [5.74, 6) is 1.51. The van der Waals surface area contributed by atoms with E-state index in [0.29, 0.717) is 11.1 Å². The molecule has 5 heterocycles. The largest absolute Gasteiger partial charge is 0.455 e. The van der Waals surface area contributed by atoms with Gasteiger partial charge in [-0.1, -0.05) is 97.1 Å². The fourth-order valence-corrected chi connectivity index (χ4v) is 11.3. The number of hydrogen-bond acceptors (Lipinski definition) is 5. The van der Waals surface area contributed by atoms with Gasteiger partial charge in [0.1, 0.15) is 11.5 Å². The summed E-state index contributed by atoms with van der Waals surface area (Å²) in [5.41, 5.74) is 16.3. The Labute approximate surface area is 390 Å². The lowest BCUT2D eigenvalue weighted by Gasteiger charge is -2.40. The van der Waals surface area contributed by atoms with E-state index < -0.39 is 5.41 Å². The Morgan fingerprint density at radius 2 is 0.809 bits per heavy atom. The molecule has 1 aliphatic heterocycles. The average Bonchev–Trinajstić information content (AvgIpc) is 4.02. The quantitative estimate of drug-likeness (QED) is 0.176. The van der Waals surface area contributed by atoms with Crippen LogP contribution < -0.4 is 4.74 Å². The number of rotatable bonds is 4. The van der Waals surface area contributed by atoms with Crippen LogP contribution >= 0.6 is 0 Å². The standard InChI is InChI=1S/C61H34N6O/c62-35-37-21-25-53-45(31-37)47-33-39(23-27-55(47)66(53)41-11-3-1-4-12-41)43-15-7-17-51-59(43)68-60-44(16-8-18-52(60)61(51)49-19-9-29-64-57(49)58-50(61)20-10-30-65-58)40-24-28-56-48(34-40)46-32-38(36-63)22-26-54(46)67(56)42-13-5-2-6-14-42/h1-34H. The highest BCUT2D eigenvalue weighted by molar-refractivity contribution is 6.12. The third-order valence-corrected chi connectivity index (χ3v) is 14.1. The van der Waals surface area contributed by atoms with Gasteiger partial charge < -0.3 is 13.9 Å². The minimum Gasteiger partial charge on any atom is -0.455 e. The van der Waals surface area contributed by atoms with Gasteiger partial charge in [0.15, 0.2) is 0 Å². The third-order valence-electron chi connectivity index (χ3n) is 14.1. The molecule has 0 radical (unpaired) electrons. The second-order valence-corrected chi connectivity index (χ2v) is 17.5. The van der Waals surface area contributed by atoms with Crippen LogP contribution in [0.15, 0.2) is 207 Å². The Morgan fingerprint density at radius 3 is 1.25 bits per heavy atom. The normalized spacial score (nSPS) is 12.9. The number of hydrogen-bond donors (Lipinski definition) is 0. The van der Waals surface area contributed by atoms with E-state index in [1.54, 1.807) is 0 Å². The molecule has 0 saturated heterocycles. The monoisotopic (exact) mass is 866 g/mol. The van der Waals surface area contributed by atoms with Gasteiger partial charge in [0.2, 0.25) is 0 Å². The lowest BCUT2D eigenvalue weighted by molar-refractivity contribution is 0.439. The number of pyridine rings is 2. The predicted molar refractivity (Wildman–Crippen MR) is 268 cm³/mol. The van der Waals surface area contributed by atoms with Gasteiger partial charge in [0.05, 0.1) is 62.1 Å². The predicted octanol–water partition coefficient (Wildman–Crippen LogP) is 14.2. The van der Waals surface area contributed by atoms with Crippen molar-refractivity contribution < 1.29 is 4.74 Å². The van der Waals surface area contributed by atoms with E-state index in [-0.39, 0.29) is 0 Å². The molecule has 8 aromatic carbocycles. The van der Waals surface area contributed by atoms with E-state index in [9.17, 15) is 10.5 Å². The van der Waals surface area contributed by atoms with E-state index >= 15 is 0 Å². The van der Waals surface area contributed by atoms with Crippen molar-refractivity contribution in [1.82, 2.24) is 19.1 Å². The summed E-state index contributed by atoms with van der Waals surface area (Å²) >= 11 is 0. The van der Waals surface area contributed by atoms with E-state index in [1.807, 2.05) is 73.1 Å². The average molecular weight is 867 g/mol. The number of nitrogens with zero attached hydrogens (tertiary/aromatic N) is 6. The summed E-state index contributed by atoms with van der Waals surface area (Å²) in [5, 5.41) is 24.2. The van der Waals surface area contributed by atoms with Crippen LogP contribution in [0.1, 0.15) is 33.4 Å². The van der Waals surface area contributed by atoms with Crippen molar-refractivity contribution in [3.63, 3.8) is 0 Å². The SMILES string of the molecule is N#Cc1ccc2c(c1)c1cc(-c3cccc4c3Oc3c(-c5ccc6c(c5)c5cc(C#N)ccc5n6-c5ccccc5)cccc3C43c4cccnc4-c4ncccc43)ccc1n2-c1ccccc1. The molecule has 1 spiro atoms. The Bertz CT molecular complexity index is 3940. The molecule has 0 unspecified atom stereocenters. The number of ether oxygens (including phenoxy) is 1. The second kappa shape index (κ2) is 14.2. The van der Waals surface area contributed by atoms with Crippen LogP contribution in [0.2, 0.25) is 0 Å². The Balaban J connectivity index is 1.04. The van der Waals surface area contributed by atoms with Crippen LogP contribution in [-0.4, -0.2) is 19.1 Å². The fourth-order valence-electron chi connectivity index (χ4n) is 11.3. The summed E-state index contributed by atoms with van der Waals surface area (Å²) < 4.78 is 12.1. The highest BCUT2D eigenvalue weighted by atomic mass is 16.5. The van der Waals surface area contributed by atoms with Gasteiger partial charge in [-0.25, -0.2) is 0 Å². The van der Waals surface area contributed by atoms with Crippen molar-refractivity contribution in [2.24, 2.45) is 0 Å². The topological polar surface area (TPSA) is 92.4 Å². The molecule has 0 bridgehead atoms. The minimum atomic E-state index is -0.827. The number of fused-ring (bicyclic) bond motifs is 15. The molecule has 7 heteroatoms. The van der Waals surface area contributed by atoms with Gasteiger partial charge in [-0.3, -0.25) is 9.97 Å². The molecule has 0 amide bonds. The van der Waals surface area contributed by atoms with Crippen molar-refractivity contribution in [3.05, 3.63) is 240 Å². The van der Waals surface area contributed by atoms with Gasteiger partial charge in [0.25, 0.3) is 0 Å². The summed E-state index contributed by atoms with van der Waals surface area (Å²) in [4.78, 5) is 10.0. The van der Waals surface area contributed by atoms with Gasteiger partial charge in [0, 0.05) is 67.6 Å². The lowest BCUT2D eigenvalue weighted by Crippen LogP contribution is -2.32. The molecule has 12 aromatic rings. The van der Waals surface area contributed by atoms with Crippen LogP contribution in [0.3, 0.4) is 0 Å². The van der Waals surface area contributed by atoms with Crippen LogP contribution in [0.4, 0.5) is 0 Å². The zero-order valence-electron chi connectivity index (χ0n) is 36.2. The van der Waals surface area contributed by atoms with Crippen molar-refractivity contribution in [1.29, 1.82) is 10.5 Å². The molecule has 314 valence electrons. The smallest absolute Gasteiger partial charge is 0.140 e. The molecule has 1 aliphatic carbocycles. The highest BCUT2D eigenvalue weighted by Crippen LogP contribution is 2.64. The zero-order valence-corrected chi connectivity index (χ0v) is 36.2. The highest BCUT2D eigenvalue weighted by Gasteiger charge is 2.53. The molecule has 7 nitrogen and oxygen atoms in total. The molecule has 68 heavy (non-hydrogen) atoms. The summed E-state index contributed by atoms with van der Waals surface area (Å²) in [6.45, 7) is 0. The first-order chi connectivity index (χ1) is 33.6. The minimum absolute atomic E-state index is 0.607. The van der Waals surface area contributed by atoms with Crippen LogP contribution in [0.5, 0.6) is 11.5 Å². The van der Waals surface area contributed by atoms with Crippen molar-refractivity contribution in [2.75, 3.05) is 0 Å². The molecular formula is C61H34N6O. The first-order valence-corrected chi connectivity index (χ1v) is 22.6. The van der Waals surface area contributed by atoms with Crippen LogP contribution in [0.25, 0.3) is 88.6 Å². The van der Waals surface area contributed by atoms with Crippen molar-refractivity contribution >= 4 is 43.6 Å². The molecule has 4 aromatic heterocycles. The molecule has 0 saturated carbocycles. The Kier molecular flexibility index (Phi) is 7.90. The number of aromatic nitrogens is 4. The van der Waals surface area contributed by atoms with E-state index in [0.717, 1.165) is 122 Å². The number of benzene rings is 8. The third kappa shape index (κ3) is 5.10. The number of para-hydroxylation sites is 4. The molecule has 14 rings (SSSR count). The van der Waals surface area contributed by atoms with Gasteiger partial charge in [-0.05, 0) is 119 Å². The molecule has 0 atom stereocenters. The van der Waals surface area contributed by atoms with E-state index in [1.165, 1.54) is 0 Å². The van der Waals surface area contributed by atoms with Crippen molar-refractivity contribution in [3.8, 4) is 68.7 Å². The Morgan fingerprint density at radius 1 is 0.397 bits per heavy atom. The zero-order chi connectivity index (χ0) is 45.1. The first kappa shape index (κ1) is 37.8. The molecule has 2 aliphatic rings. The van der Waals surface area contributed by atoms with Crippen LogP contribution in [0, 0.1) is 22.7 Å². The summed E-state index contributed by atoms with van der Waals surface area (Å²) in [7, 11) is 0. The van der Waals surface area contributed by atoms with E-state index in [4.69, 9.17) is 14.7 Å². The van der Waals surface area contributed by atoms with Gasteiger partial charge >= 0.3 is 0 Å². The van der Waals surface area contributed by atoms with Crippen LogP contribution in [-0.2, 0) is 5.41 Å². The number of nitriles is 2. The van der Waals surface area contributed by atoms with Gasteiger partial charge in [-0.2, -0.15) is 10.5 Å². The maximum atomic E-state index is 10.1. The maximum Gasteiger partial charge on any atom is 0.140 e. The molecule has 0 N–H and O–H groups in total. The maximum absolute atomic E-state index is 10.1. The van der Waals surface area contributed by atoms with Gasteiger partial charge in [-0.15, -0.1) is 0 Å². The first-order valence-electron chi connectivity index (χ1n) is 22.6. The van der Waals surface area contributed by atoms with Crippen molar-refractivity contribution in [2.45, 2.75) is 5.41 Å². The second-order valence-electron chi connectivity index (χ2n) is 17.5. The van der Waals surface area contributed by atoms with E-state index in [2.05, 4.69) is 155 Å². The molecule has 0 fully saturated rings. The summed E-state index contributed by atoms with van der Waals surface area (Å²) in [6.07, 6.45) is 3.70. The summed E-state index contributed by atoms with van der Waals surface area (Å²) in [6, 6.07) is 72.0. The lowest BCUT2D eigenvalue weighted by atomic mass is 9.65. The molecular weight excluding hydrogens is 833 g/mol.